The van der Waals surface area contributed by atoms with E-state index in [9.17, 15) is 0 Å². The second-order valence-corrected chi connectivity index (χ2v) is 7.88. The molecule has 0 saturated carbocycles. The molecule has 3 heteroatoms. The minimum atomic E-state index is -0.0292. The molecule has 1 aromatic carbocycles. The van der Waals surface area contributed by atoms with Gasteiger partial charge in [0.25, 0.3) is 0 Å². The number of thiophene rings is 1. The summed E-state index contributed by atoms with van der Waals surface area (Å²) in [6.45, 7) is 2.13. The zero-order valence-corrected chi connectivity index (χ0v) is 13.3. The fourth-order valence-corrected chi connectivity index (χ4v) is 4.81. The van der Waals surface area contributed by atoms with Crippen molar-refractivity contribution in [3.8, 4) is 0 Å². The number of rotatable bonds is 2. The van der Waals surface area contributed by atoms with Gasteiger partial charge in [0.05, 0.1) is 9.16 Å². The van der Waals surface area contributed by atoms with E-state index in [2.05, 4.69) is 47.1 Å². The van der Waals surface area contributed by atoms with Gasteiger partial charge in [-0.15, -0.1) is 22.9 Å². The van der Waals surface area contributed by atoms with Gasteiger partial charge in [-0.3, -0.25) is 0 Å². The van der Waals surface area contributed by atoms with E-state index < -0.39 is 0 Å². The van der Waals surface area contributed by atoms with Crippen LogP contribution < -0.4 is 0 Å². The SMILES string of the molecule is Cc1sc(Br)cc1C(Cl)c1ccc2c(c1)CCC2. The molecule has 0 bridgehead atoms. The summed E-state index contributed by atoms with van der Waals surface area (Å²) in [6, 6.07) is 8.88. The normalized spacial score (nSPS) is 15.7. The maximum absolute atomic E-state index is 6.64. The van der Waals surface area contributed by atoms with Gasteiger partial charge in [-0.2, -0.15) is 0 Å². The lowest BCUT2D eigenvalue weighted by molar-refractivity contribution is 0.911. The largest absolute Gasteiger partial charge is 0.133 e. The third-order valence-corrected chi connectivity index (χ3v) is 5.67. The van der Waals surface area contributed by atoms with Gasteiger partial charge < -0.3 is 0 Å². The van der Waals surface area contributed by atoms with Crippen LogP contribution in [0.3, 0.4) is 0 Å². The van der Waals surface area contributed by atoms with Crippen LogP contribution in [0, 0.1) is 6.92 Å². The number of fused-ring (bicyclic) bond motifs is 1. The number of halogens is 2. The number of alkyl halides is 1. The Bertz CT molecular complexity index is 588. The highest BCUT2D eigenvalue weighted by molar-refractivity contribution is 9.11. The standard InChI is InChI=1S/C15H14BrClS/c1-9-13(8-14(16)18-9)15(17)12-6-5-10-3-2-4-11(10)7-12/h5-8,15H,2-4H2,1H3. The molecular formula is C15H14BrClS. The van der Waals surface area contributed by atoms with Gasteiger partial charge in [0.1, 0.15) is 0 Å². The van der Waals surface area contributed by atoms with Crippen LogP contribution in [0.15, 0.2) is 28.1 Å². The van der Waals surface area contributed by atoms with E-state index >= 15 is 0 Å². The summed E-state index contributed by atoms with van der Waals surface area (Å²) >= 11 is 11.9. The minimum Gasteiger partial charge on any atom is -0.133 e. The first-order valence-electron chi connectivity index (χ1n) is 6.17. The number of aryl methyl sites for hydroxylation is 3. The lowest BCUT2D eigenvalue weighted by atomic mass is 10.0. The van der Waals surface area contributed by atoms with E-state index in [1.807, 2.05) is 0 Å². The second-order valence-electron chi connectivity index (χ2n) is 4.81. The summed E-state index contributed by atoms with van der Waals surface area (Å²) in [5.74, 6) is 0. The van der Waals surface area contributed by atoms with Crippen LogP contribution in [0.5, 0.6) is 0 Å². The molecule has 0 fully saturated rings. The monoisotopic (exact) mass is 340 g/mol. The lowest BCUT2D eigenvalue weighted by Crippen LogP contribution is -1.95. The average Bonchev–Trinajstić information content (AvgIpc) is 2.93. The Hall–Kier alpha value is -0.310. The molecule has 0 radical (unpaired) electrons. The first kappa shape index (κ1) is 12.7. The van der Waals surface area contributed by atoms with Crippen molar-refractivity contribution in [3.05, 3.63) is 55.2 Å². The summed E-state index contributed by atoms with van der Waals surface area (Å²) in [4.78, 5) is 1.29. The van der Waals surface area contributed by atoms with Crippen LogP contribution in [0.25, 0.3) is 0 Å². The highest BCUT2D eigenvalue weighted by Gasteiger charge is 2.18. The van der Waals surface area contributed by atoms with Gasteiger partial charge in [0.15, 0.2) is 0 Å². The van der Waals surface area contributed by atoms with Crippen molar-refractivity contribution >= 4 is 38.9 Å². The van der Waals surface area contributed by atoms with Crippen molar-refractivity contribution in [1.29, 1.82) is 0 Å². The Labute approximate surface area is 125 Å². The Morgan fingerprint density at radius 1 is 1.22 bits per heavy atom. The average molecular weight is 342 g/mol. The van der Waals surface area contributed by atoms with E-state index in [1.54, 1.807) is 11.3 Å². The number of hydrogen-bond donors (Lipinski definition) is 0. The van der Waals surface area contributed by atoms with Gasteiger partial charge in [0.2, 0.25) is 0 Å². The fourth-order valence-electron chi connectivity index (χ4n) is 2.64. The van der Waals surface area contributed by atoms with E-state index in [0.717, 1.165) is 3.79 Å². The predicted octanol–water partition coefficient (Wildman–Crippen LogP) is 5.64. The summed E-state index contributed by atoms with van der Waals surface area (Å²) in [5, 5.41) is -0.0292. The first-order valence-corrected chi connectivity index (χ1v) is 8.21. The fraction of sp³-hybridized carbons (Fsp3) is 0.333. The zero-order chi connectivity index (χ0) is 12.7. The quantitative estimate of drug-likeness (QED) is 0.620. The summed E-state index contributed by atoms with van der Waals surface area (Å²) in [5.41, 5.74) is 5.45. The van der Waals surface area contributed by atoms with Crippen molar-refractivity contribution in [2.24, 2.45) is 0 Å². The van der Waals surface area contributed by atoms with Crippen LogP contribution in [0.4, 0.5) is 0 Å². The molecule has 3 rings (SSSR count). The molecule has 0 amide bonds. The van der Waals surface area contributed by atoms with Gasteiger partial charge >= 0.3 is 0 Å². The smallest absolute Gasteiger partial charge is 0.0846 e. The van der Waals surface area contributed by atoms with Crippen LogP contribution in [-0.4, -0.2) is 0 Å². The Morgan fingerprint density at radius 2 is 2.00 bits per heavy atom. The van der Waals surface area contributed by atoms with Crippen molar-refractivity contribution in [1.82, 2.24) is 0 Å². The molecular weight excluding hydrogens is 328 g/mol. The molecule has 0 spiro atoms. The Kier molecular flexibility index (Phi) is 3.52. The highest BCUT2D eigenvalue weighted by atomic mass is 79.9. The Balaban J connectivity index is 1.97. The molecule has 0 nitrogen and oxygen atoms in total. The molecule has 0 N–H and O–H groups in total. The molecule has 2 aromatic rings. The van der Waals surface area contributed by atoms with Crippen molar-refractivity contribution in [2.45, 2.75) is 31.6 Å². The minimum absolute atomic E-state index is 0.0292. The first-order chi connectivity index (χ1) is 8.65. The maximum atomic E-state index is 6.64. The van der Waals surface area contributed by atoms with E-state index in [-0.39, 0.29) is 5.38 Å². The maximum Gasteiger partial charge on any atom is 0.0846 e. The van der Waals surface area contributed by atoms with E-state index in [0.29, 0.717) is 0 Å². The summed E-state index contributed by atoms with van der Waals surface area (Å²) in [7, 11) is 0. The molecule has 1 aliphatic rings. The van der Waals surface area contributed by atoms with Crippen LogP contribution in [-0.2, 0) is 12.8 Å². The molecule has 0 aliphatic heterocycles. The Morgan fingerprint density at radius 3 is 2.72 bits per heavy atom. The second kappa shape index (κ2) is 4.99. The molecule has 1 atom stereocenters. The van der Waals surface area contributed by atoms with Crippen molar-refractivity contribution in [2.75, 3.05) is 0 Å². The number of hydrogen-bond acceptors (Lipinski definition) is 1. The van der Waals surface area contributed by atoms with Gasteiger partial charge in [-0.1, -0.05) is 18.2 Å². The van der Waals surface area contributed by atoms with Crippen molar-refractivity contribution < 1.29 is 0 Å². The molecule has 18 heavy (non-hydrogen) atoms. The summed E-state index contributed by atoms with van der Waals surface area (Å²) < 4.78 is 1.15. The third-order valence-electron chi connectivity index (χ3n) is 3.61. The summed E-state index contributed by atoms with van der Waals surface area (Å²) in [6.07, 6.45) is 3.72. The molecule has 94 valence electrons. The molecule has 1 unspecified atom stereocenters. The zero-order valence-electron chi connectivity index (χ0n) is 10.2. The predicted molar refractivity (Wildman–Crippen MR) is 82.9 cm³/mol. The molecule has 1 aliphatic carbocycles. The van der Waals surface area contributed by atoms with Crippen LogP contribution in [0.1, 0.15) is 38.9 Å². The highest BCUT2D eigenvalue weighted by Crippen LogP contribution is 2.38. The van der Waals surface area contributed by atoms with E-state index in [1.165, 1.54) is 46.4 Å². The van der Waals surface area contributed by atoms with Gasteiger partial charge in [0, 0.05) is 4.88 Å². The third kappa shape index (κ3) is 2.26. The molecule has 0 saturated heterocycles. The number of benzene rings is 1. The van der Waals surface area contributed by atoms with Gasteiger partial charge in [-0.05, 0) is 70.4 Å². The van der Waals surface area contributed by atoms with Crippen molar-refractivity contribution in [3.63, 3.8) is 0 Å². The van der Waals surface area contributed by atoms with E-state index in [4.69, 9.17) is 11.6 Å². The van der Waals surface area contributed by atoms with Gasteiger partial charge in [-0.25, -0.2) is 0 Å². The topological polar surface area (TPSA) is 0 Å². The molecule has 1 heterocycles. The van der Waals surface area contributed by atoms with Crippen LogP contribution >= 0.6 is 38.9 Å². The lowest BCUT2D eigenvalue weighted by Gasteiger charge is -2.11. The van der Waals surface area contributed by atoms with Crippen LogP contribution in [0.2, 0.25) is 0 Å². The molecule has 1 aromatic heterocycles.